The number of carbonyl (C=O) groups excluding carboxylic acids is 1. The molecule has 1 N–H and O–H groups in total. The highest BCUT2D eigenvalue weighted by atomic mass is 32.2. The van der Waals surface area contributed by atoms with Crippen LogP contribution in [0.15, 0.2) is 60.9 Å². The zero-order chi connectivity index (χ0) is 20.3. The standard InChI is InChI=1S/C21H24N4O3S/c26-21(22-10-9-18-16-25-11-5-4-8-19(25)23-18)20(17-6-2-1-3-7-17)24-12-14-29(27,28)15-13-24/h1-8,11,16,20H,9-10,12-15H2,(H,22,26). The van der Waals surface area contributed by atoms with Gasteiger partial charge in [-0.1, -0.05) is 36.4 Å². The number of nitrogens with zero attached hydrogens (tertiary/aromatic N) is 3. The fourth-order valence-corrected chi connectivity index (χ4v) is 4.90. The fourth-order valence-electron chi connectivity index (χ4n) is 3.67. The molecule has 0 radical (unpaired) electrons. The summed E-state index contributed by atoms with van der Waals surface area (Å²) < 4.78 is 25.5. The van der Waals surface area contributed by atoms with Crippen LogP contribution in [0.2, 0.25) is 0 Å². The number of nitrogens with one attached hydrogen (secondary N) is 1. The summed E-state index contributed by atoms with van der Waals surface area (Å²) in [5.74, 6) is 0.0645. The predicted octanol–water partition coefficient (Wildman–Crippen LogP) is 1.46. The van der Waals surface area contributed by atoms with Crippen molar-refractivity contribution in [2.75, 3.05) is 31.1 Å². The number of rotatable bonds is 6. The van der Waals surface area contributed by atoms with Crippen molar-refractivity contribution in [3.05, 3.63) is 72.2 Å². The molecule has 1 aromatic carbocycles. The lowest BCUT2D eigenvalue weighted by atomic mass is 10.0. The minimum atomic E-state index is -3.01. The molecule has 1 amide bonds. The minimum Gasteiger partial charge on any atom is -0.354 e. The topological polar surface area (TPSA) is 83.8 Å². The van der Waals surface area contributed by atoms with Gasteiger partial charge in [0, 0.05) is 38.4 Å². The van der Waals surface area contributed by atoms with E-state index in [9.17, 15) is 13.2 Å². The Morgan fingerprint density at radius 2 is 1.79 bits per heavy atom. The Bertz CT molecular complexity index is 1050. The van der Waals surface area contributed by atoms with Crippen LogP contribution in [-0.2, 0) is 21.1 Å². The van der Waals surface area contributed by atoms with E-state index in [0.29, 0.717) is 26.1 Å². The van der Waals surface area contributed by atoms with E-state index in [-0.39, 0.29) is 17.4 Å². The summed E-state index contributed by atoms with van der Waals surface area (Å²) in [6, 6.07) is 14.9. The molecule has 2 aromatic heterocycles. The van der Waals surface area contributed by atoms with Gasteiger partial charge in [0.05, 0.1) is 17.2 Å². The van der Waals surface area contributed by atoms with Gasteiger partial charge in [0.2, 0.25) is 5.91 Å². The molecule has 1 atom stereocenters. The van der Waals surface area contributed by atoms with Crippen molar-refractivity contribution in [2.24, 2.45) is 0 Å². The summed E-state index contributed by atoms with van der Waals surface area (Å²) in [5.41, 5.74) is 2.67. The molecule has 0 aliphatic carbocycles. The summed E-state index contributed by atoms with van der Waals surface area (Å²) in [4.78, 5) is 19.5. The Morgan fingerprint density at radius 3 is 2.52 bits per heavy atom. The molecule has 3 aromatic rings. The highest BCUT2D eigenvalue weighted by Crippen LogP contribution is 2.23. The average molecular weight is 413 g/mol. The van der Waals surface area contributed by atoms with Gasteiger partial charge >= 0.3 is 0 Å². The quantitative estimate of drug-likeness (QED) is 0.663. The Kier molecular flexibility index (Phi) is 5.64. The second kappa shape index (κ2) is 8.34. The monoisotopic (exact) mass is 412 g/mol. The third-order valence-electron chi connectivity index (χ3n) is 5.20. The minimum absolute atomic E-state index is 0.0882. The van der Waals surface area contributed by atoms with Gasteiger partial charge in [-0.25, -0.2) is 13.4 Å². The van der Waals surface area contributed by atoms with Gasteiger partial charge in [-0.2, -0.15) is 0 Å². The van der Waals surface area contributed by atoms with Crippen molar-refractivity contribution in [3.63, 3.8) is 0 Å². The number of fused-ring (bicyclic) bond motifs is 1. The number of benzene rings is 1. The third kappa shape index (κ3) is 4.65. The molecule has 8 heteroatoms. The zero-order valence-electron chi connectivity index (χ0n) is 16.1. The van der Waals surface area contributed by atoms with Gasteiger partial charge < -0.3 is 9.72 Å². The van der Waals surface area contributed by atoms with Crippen molar-refractivity contribution >= 4 is 21.4 Å². The summed E-state index contributed by atoms with van der Waals surface area (Å²) >= 11 is 0. The van der Waals surface area contributed by atoms with Crippen LogP contribution in [0.25, 0.3) is 5.65 Å². The highest BCUT2D eigenvalue weighted by Gasteiger charge is 2.32. The van der Waals surface area contributed by atoms with Crippen molar-refractivity contribution in [2.45, 2.75) is 12.5 Å². The van der Waals surface area contributed by atoms with Crippen LogP contribution in [0.3, 0.4) is 0 Å². The highest BCUT2D eigenvalue weighted by molar-refractivity contribution is 7.91. The van der Waals surface area contributed by atoms with E-state index in [1.807, 2.05) is 70.2 Å². The van der Waals surface area contributed by atoms with Crippen molar-refractivity contribution in [1.29, 1.82) is 0 Å². The first-order chi connectivity index (χ1) is 14.0. The van der Waals surface area contributed by atoms with Crippen molar-refractivity contribution in [1.82, 2.24) is 19.6 Å². The van der Waals surface area contributed by atoms with E-state index in [1.54, 1.807) is 0 Å². The lowest BCUT2D eigenvalue weighted by Crippen LogP contribution is -2.47. The molecule has 1 aliphatic rings. The van der Waals surface area contributed by atoms with Gasteiger partial charge in [-0.05, 0) is 17.7 Å². The maximum atomic E-state index is 13.0. The van der Waals surface area contributed by atoms with E-state index in [0.717, 1.165) is 16.9 Å². The van der Waals surface area contributed by atoms with Crippen LogP contribution in [0.1, 0.15) is 17.3 Å². The maximum Gasteiger partial charge on any atom is 0.241 e. The maximum absolute atomic E-state index is 13.0. The summed E-state index contributed by atoms with van der Waals surface area (Å²) in [6.07, 6.45) is 4.54. The molecular weight excluding hydrogens is 388 g/mol. The van der Waals surface area contributed by atoms with Gasteiger partial charge in [0.1, 0.15) is 11.7 Å². The number of imidazole rings is 1. The van der Waals surface area contributed by atoms with Crippen LogP contribution in [0, 0.1) is 0 Å². The first-order valence-electron chi connectivity index (χ1n) is 9.72. The largest absolute Gasteiger partial charge is 0.354 e. The molecule has 1 aliphatic heterocycles. The van der Waals surface area contributed by atoms with E-state index in [2.05, 4.69) is 10.3 Å². The van der Waals surface area contributed by atoms with E-state index in [4.69, 9.17) is 0 Å². The van der Waals surface area contributed by atoms with Gasteiger partial charge in [0.15, 0.2) is 9.84 Å². The SMILES string of the molecule is O=C(NCCc1cn2ccccc2n1)C(c1ccccc1)N1CCS(=O)(=O)CC1. The van der Waals surface area contributed by atoms with Gasteiger partial charge in [-0.15, -0.1) is 0 Å². The number of aromatic nitrogens is 2. The summed E-state index contributed by atoms with van der Waals surface area (Å²) in [5, 5.41) is 3.01. The molecule has 0 spiro atoms. The van der Waals surface area contributed by atoms with Crippen LogP contribution in [0.4, 0.5) is 0 Å². The van der Waals surface area contributed by atoms with Crippen LogP contribution >= 0.6 is 0 Å². The number of pyridine rings is 1. The second-order valence-corrected chi connectivity index (χ2v) is 9.54. The number of hydrogen-bond donors (Lipinski definition) is 1. The second-order valence-electron chi connectivity index (χ2n) is 7.24. The number of sulfone groups is 1. The molecule has 0 saturated carbocycles. The van der Waals surface area contributed by atoms with Gasteiger partial charge in [0.25, 0.3) is 0 Å². The molecular formula is C21H24N4O3S. The molecule has 3 heterocycles. The molecule has 1 unspecified atom stereocenters. The Hall–Kier alpha value is -2.71. The molecule has 7 nitrogen and oxygen atoms in total. The number of carbonyl (C=O) groups is 1. The van der Waals surface area contributed by atoms with E-state index < -0.39 is 15.9 Å². The molecule has 29 heavy (non-hydrogen) atoms. The Morgan fingerprint density at radius 1 is 1.07 bits per heavy atom. The first-order valence-corrected chi connectivity index (χ1v) is 11.5. The summed E-state index contributed by atoms with van der Waals surface area (Å²) in [6.45, 7) is 1.20. The van der Waals surface area contributed by atoms with E-state index in [1.165, 1.54) is 0 Å². The van der Waals surface area contributed by atoms with Crippen LogP contribution < -0.4 is 5.32 Å². The van der Waals surface area contributed by atoms with Crippen LogP contribution in [-0.4, -0.2) is 59.7 Å². The van der Waals surface area contributed by atoms with Gasteiger partial charge in [-0.3, -0.25) is 9.69 Å². The lowest BCUT2D eigenvalue weighted by Gasteiger charge is -2.33. The normalized spacial score (nSPS) is 17.8. The smallest absolute Gasteiger partial charge is 0.241 e. The van der Waals surface area contributed by atoms with Crippen molar-refractivity contribution < 1.29 is 13.2 Å². The molecule has 152 valence electrons. The number of hydrogen-bond acceptors (Lipinski definition) is 5. The van der Waals surface area contributed by atoms with Crippen molar-refractivity contribution in [3.8, 4) is 0 Å². The zero-order valence-corrected chi connectivity index (χ0v) is 16.9. The lowest BCUT2D eigenvalue weighted by molar-refractivity contribution is -0.126. The average Bonchev–Trinajstić information content (AvgIpc) is 3.13. The fraction of sp³-hybridized carbons (Fsp3) is 0.333. The Balaban J connectivity index is 1.43. The first kappa shape index (κ1) is 19.6. The third-order valence-corrected chi connectivity index (χ3v) is 6.81. The number of amides is 1. The molecule has 1 saturated heterocycles. The Labute approximate surface area is 170 Å². The van der Waals surface area contributed by atoms with E-state index >= 15 is 0 Å². The summed E-state index contributed by atoms with van der Waals surface area (Å²) in [7, 11) is -3.01. The molecule has 0 bridgehead atoms. The molecule has 4 rings (SSSR count). The molecule has 1 fully saturated rings. The van der Waals surface area contributed by atoms with Crippen LogP contribution in [0.5, 0.6) is 0 Å². The predicted molar refractivity (Wildman–Crippen MR) is 111 cm³/mol.